The van der Waals surface area contributed by atoms with Gasteiger partial charge >= 0.3 is 0 Å². The van der Waals surface area contributed by atoms with Crippen molar-refractivity contribution in [3.05, 3.63) is 60.3 Å². The number of aromatic nitrogens is 2. The molecule has 0 atom stereocenters. The Kier molecular flexibility index (Phi) is 2.69. The zero-order valence-electron chi connectivity index (χ0n) is 9.18. The van der Waals surface area contributed by atoms with Crippen LogP contribution in [0.3, 0.4) is 0 Å². The zero-order chi connectivity index (χ0) is 11.7. The minimum atomic E-state index is 0.831. The van der Waals surface area contributed by atoms with Crippen molar-refractivity contribution in [3.8, 4) is 5.69 Å². The van der Waals surface area contributed by atoms with Crippen molar-refractivity contribution in [2.45, 2.75) is 5.33 Å². The molecule has 0 radical (unpaired) electrons. The van der Waals surface area contributed by atoms with Crippen LogP contribution in [0.1, 0.15) is 5.56 Å². The molecule has 1 aromatic heterocycles. The highest BCUT2D eigenvalue weighted by molar-refractivity contribution is 9.08. The van der Waals surface area contributed by atoms with E-state index in [0.717, 1.165) is 21.9 Å². The van der Waals surface area contributed by atoms with Crippen molar-refractivity contribution in [2.24, 2.45) is 0 Å². The van der Waals surface area contributed by atoms with Crippen molar-refractivity contribution >= 4 is 26.8 Å². The molecule has 3 aromatic rings. The Morgan fingerprint density at radius 1 is 1.00 bits per heavy atom. The number of hydrogen-bond acceptors (Lipinski definition) is 1. The third kappa shape index (κ3) is 1.76. The molecule has 3 rings (SSSR count). The molecule has 0 fully saturated rings. The lowest BCUT2D eigenvalue weighted by molar-refractivity contribution is 0.901. The van der Waals surface area contributed by atoms with E-state index in [1.54, 1.807) is 0 Å². The van der Waals surface area contributed by atoms with Gasteiger partial charge in [0.25, 0.3) is 0 Å². The molecule has 0 bridgehead atoms. The second-order valence-electron chi connectivity index (χ2n) is 3.88. The lowest BCUT2D eigenvalue weighted by Gasteiger charge is -2.08. The zero-order valence-corrected chi connectivity index (χ0v) is 10.8. The second kappa shape index (κ2) is 4.34. The molecule has 0 amide bonds. The average molecular weight is 287 g/mol. The Morgan fingerprint density at radius 2 is 1.76 bits per heavy atom. The van der Waals surface area contributed by atoms with E-state index >= 15 is 0 Å². The summed E-state index contributed by atoms with van der Waals surface area (Å²) in [5.74, 6) is 0. The summed E-state index contributed by atoms with van der Waals surface area (Å²) in [5, 5.41) is 6.46. The van der Waals surface area contributed by atoms with E-state index in [0.29, 0.717) is 0 Å². The fourth-order valence-corrected chi connectivity index (χ4v) is 2.47. The summed E-state index contributed by atoms with van der Waals surface area (Å²) in [6.07, 6.45) is 1.90. The summed E-state index contributed by atoms with van der Waals surface area (Å²) in [7, 11) is 0. The standard InChI is InChI=1S/C14H11BrN2/c15-9-11-5-1-3-7-13(11)17-14-8-4-2-6-12(14)10-16-17/h1-8,10H,9H2. The summed E-state index contributed by atoms with van der Waals surface area (Å²) in [6, 6.07) is 16.5. The van der Waals surface area contributed by atoms with Crippen molar-refractivity contribution in [1.82, 2.24) is 9.78 Å². The van der Waals surface area contributed by atoms with Gasteiger partial charge in [-0.3, -0.25) is 0 Å². The van der Waals surface area contributed by atoms with Crippen LogP contribution in [-0.2, 0) is 5.33 Å². The van der Waals surface area contributed by atoms with E-state index in [1.165, 1.54) is 5.56 Å². The number of para-hydroxylation sites is 2. The van der Waals surface area contributed by atoms with Gasteiger partial charge in [0.15, 0.2) is 0 Å². The van der Waals surface area contributed by atoms with Gasteiger partial charge in [0, 0.05) is 10.7 Å². The van der Waals surface area contributed by atoms with Crippen molar-refractivity contribution in [2.75, 3.05) is 0 Å². The summed E-state index contributed by atoms with van der Waals surface area (Å²) >= 11 is 3.52. The van der Waals surface area contributed by atoms with Crippen LogP contribution >= 0.6 is 15.9 Å². The average Bonchev–Trinajstić information content (AvgIpc) is 2.82. The lowest BCUT2D eigenvalue weighted by Crippen LogP contribution is -1.99. The Bertz CT molecular complexity index is 658. The number of alkyl halides is 1. The molecule has 0 aliphatic carbocycles. The number of fused-ring (bicyclic) bond motifs is 1. The second-order valence-corrected chi connectivity index (χ2v) is 4.44. The maximum Gasteiger partial charge on any atom is 0.0741 e. The minimum absolute atomic E-state index is 0.831. The maximum absolute atomic E-state index is 4.47. The quantitative estimate of drug-likeness (QED) is 0.653. The highest BCUT2D eigenvalue weighted by Crippen LogP contribution is 2.22. The van der Waals surface area contributed by atoms with Gasteiger partial charge in [0.2, 0.25) is 0 Å². The number of rotatable bonds is 2. The molecular weight excluding hydrogens is 276 g/mol. The molecule has 2 nitrogen and oxygen atoms in total. The van der Waals surface area contributed by atoms with Crippen LogP contribution in [0.2, 0.25) is 0 Å². The van der Waals surface area contributed by atoms with Gasteiger partial charge in [-0.1, -0.05) is 52.3 Å². The van der Waals surface area contributed by atoms with Crippen LogP contribution < -0.4 is 0 Å². The number of hydrogen-bond donors (Lipinski definition) is 0. The van der Waals surface area contributed by atoms with Crippen molar-refractivity contribution < 1.29 is 0 Å². The van der Waals surface area contributed by atoms with E-state index in [1.807, 2.05) is 35.1 Å². The molecule has 0 saturated carbocycles. The van der Waals surface area contributed by atoms with E-state index in [9.17, 15) is 0 Å². The molecule has 3 heteroatoms. The first-order chi connectivity index (χ1) is 8.40. The molecule has 0 saturated heterocycles. The lowest BCUT2D eigenvalue weighted by atomic mass is 10.2. The molecule has 0 unspecified atom stereocenters. The first-order valence-corrected chi connectivity index (χ1v) is 6.59. The van der Waals surface area contributed by atoms with Gasteiger partial charge in [0.05, 0.1) is 17.4 Å². The summed E-state index contributed by atoms with van der Waals surface area (Å²) in [6.45, 7) is 0. The van der Waals surface area contributed by atoms with Crippen LogP contribution in [0.4, 0.5) is 0 Å². The Balaban J connectivity index is 2.27. The fraction of sp³-hybridized carbons (Fsp3) is 0.0714. The number of benzene rings is 2. The Labute approximate surface area is 108 Å². The minimum Gasteiger partial charge on any atom is -0.233 e. The SMILES string of the molecule is BrCc1ccccc1-n1ncc2ccccc21. The molecule has 2 aromatic carbocycles. The molecule has 0 aliphatic rings. The molecule has 0 spiro atoms. The smallest absolute Gasteiger partial charge is 0.0741 e. The molecule has 0 aliphatic heterocycles. The molecule has 0 N–H and O–H groups in total. The molecule has 17 heavy (non-hydrogen) atoms. The van der Waals surface area contributed by atoms with E-state index in [4.69, 9.17) is 0 Å². The van der Waals surface area contributed by atoms with Gasteiger partial charge in [-0.05, 0) is 17.7 Å². The third-order valence-corrected chi connectivity index (χ3v) is 3.45. The Morgan fingerprint density at radius 3 is 2.65 bits per heavy atom. The van der Waals surface area contributed by atoms with E-state index in [-0.39, 0.29) is 0 Å². The Hall–Kier alpha value is -1.61. The van der Waals surface area contributed by atoms with Gasteiger partial charge in [0.1, 0.15) is 0 Å². The highest BCUT2D eigenvalue weighted by Gasteiger charge is 2.07. The van der Waals surface area contributed by atoms with Crippen molar-refractivity contribution in [1.29, 1.82) is 0 Å². The van der Waals surface area contributed by atoms with Crippen LogP contribution in [0, 0.1) is 0 Å². The number of halogens is 1. The third-order valence-electron chi connectivity index (χ3n) is 2.84. The van der Waals surface area contributed by atoms with E-state index < -0.39 is 0 Å². The normalized spacial score (nSPS) is 10.9. The van der Waals surface area contributed by atoms with E-state index in [2.05, 4.69) is 45.3 Å². The van der Waals surface area contributed by atoms with Gasteiger partial charge in [-0.2, -0.15) is 5.10 Å². The number of nitrogens with zero attached hydrogens (tertiary/aromatic N) is 2. The summed E-state index contributed by atoms with van der Waals surface area (Å²) in [4.78, 5) is 0. The molecular formula is C14H11BrN2. The summed E-state index contributed by atoms with van der Waals surface area (Å²) < 4.78 is 1.99. The van der Waals surface area contributed by atoms with Crippen LogP contribution in [0.15, 0.2) is 54.7 Å². The van der Waals surface area contributed by atoms with Crippen molar-refractivity contribution in [3.63, 3.8) is 0 Å². The van der Waals surface area contributed by atoms with Gasteiger partial charge in [-0.25, -0.2) is 4.68 Å². The van der Waals surface area contributed by atoms with Crippen LogP contribution in [0.5, 0.6) is 0 Å². The largest absolute Gasteiger partial charge is 0.233 e. The highest BCUT2D eigenvalue weighted by atomic mass is 79.9. The molecule has 1 heterocycles. The van der Waals surface area contributed by atoms with Crippen LogP contribution in [0.25, 0.3) is 16.6 Å². The van der Waals surface area contributed by atoms with Gasteiger partial charge < -0.3 is 0 Å². The first-order valence-electron chi connectivity index (χ1n) is 5.47. The topological polar surface area (TPSA) is 17.8 Å². The van der Waals surface area contributed by atoms with Gasteiger partial charge in [-0.15, -0.1) is 0 Å². The predicted molar refractivity (Wildman–Crippen MR) is 73.7 cm³/mol. The monoisotopic (exact) mass is 286 g/mol. The molecule has 84 valence electrons. The first kappa shape index (κ1) is 10.5. The summed E-state index contributed by atoms with van der Waals surface area (Å²) in [5.41, 5.74) is 3.51. The maximum atomic E-state index is 4.47. The predicted octanol–water partition coefficient (Wildman–Crippen LogP) is 3.92. The fourth-order valence-electron chi connectivity index (χ4n) is 1.99. The van der Waals surface area contributed by atoms with Crippen LogP contribution in [-0.4, -0.2) is 9.78 Å².